The predicted molar refractivity (Wildman–Crippen MR) is 322 cm³/mol. The third-order valence-electron chi connectivity index (χ3n) is 14.1. The Morgan fingerprint density at radius 2 is 1.51 bits per heavy atom. The van der Waals surface area contributed by atoms with Crippen LogP contribution in [0.25, 0.3) is 39.2 Å². The van der Waals surface area contributed by atoms with Crippen molar-refractivity contribution in [3.05, 3.63) is 120 Å². The maximum absolute atomic E-state index is 13.7. The molecule has 0 saturated carbocycles. The van der Waals surface area contributed by atoms with Gasteiger partial charge in [0, 0.05) is 102 Å². The summed E-state index contributed by atoms with van der Waals surface area (Å²) in [6.45, 7) is 33.1. The zero-order valence-corrected chi connectivity index (χ0v) is 48.4. The Hall–Kier alpha value is -8.33. The molecule has 0 spiro atoms. The summed E-state index contributed by atoms with van der Waals surface area (Å²) in [7, 11) is 1.59. The number of carboxylic acids is 1. The fourth-order valence-electron chi connectivity index (χ4n) is 9.76. The molecule has 8 N–H and O–H groups in total. The van der Waals surface area contributed by atoms with E-state index in [9.17, 15) is 24.3 Å². The number of thioether (sulfide) groups is 1. The number of fused-ring (bicyclic) bond motifs is 2. The van der Waals surface area contributed by atoms with Gasteiger partial charge in [-0.15, -0.1) is 11.8 Å². The highest BCUT2D eigenvalue weighted by atomic mass is 32.2. The molecule has 2 aromatic carbocycles. The second-order valence-electron chi connectivity index (χ2n) is 20.2. The highest BCUT2D eigenvalue weighted by molar-refractivity contribution is 8.01. The van der Waals surface area contributed by atoms with Gasteiger partial charge >= 0.3 is 5.97 Å². The number of imidazole rings is 2. The summed E-state index contributed by atoms with van der Waals surface area (Å²) in [5.41, 5.74) is 22.3. The quantitative estimate of drug-likeness (QED) is 0.0178. The van der Waals surface area contributed by atoms with Crippen molar-refractivity contribution >= 4 is 92.1 Å². The van der Waals surface area contributed by atoms with E-state index in [0.29, 0.717) is 142 Å². The molecule has 81 heavy (non-hydrogen) atoms. The maximum atomic E-state index is 13.7. The van der Waals surface area contributed by atoms with E-state index in [1.807, 2.05) is 73.2 Å². The van der Waals surface area contributed by atoms with Crippen molar-refractivity contribution in [2.45, 2.75) is 135 Å². The van der Waals surface area contributed by atoms with Crippen LogP contribution in [0.5, 0.6) is 11.5 Å². The lowest BCUT2D eigenvalue weighted by Gasteiger charge is -2.21. The molecule has 2 amide bonds. The summed E-state index contributed by atoms with van der Waals surface area (Å²) in [6, 6.07) is 6.27. The van der Waals surface area contributed by atoms with Crippen LogP contribution in [0.2, 0.25) is 0 Å². The number of Topliss-reactive ketones (excluding diaryl/α,β-unsaturated/α-hetero) is 1. The molecule has 21 heteroatoms. The van der Waals surface area contributed by atoms with Crippen LogP contribution in [0.4, 0.5) is 11.9 Å². The van der Waals surface area contributed by atoms with Crippen molar-refractivity contribution in [2.24, 2.45) is 16.5 Å². The van der Waals surface area contributed by atoms with Gasteiger partial charge in [0.05, 0.1) is 47.4 Å². The number of carbonyl (C=O) groups excluding carboxylic acids is 3. The molecule has 5 heterocycles. The van der Waals surface area contributed by atoms with E-state index in [1.165, 1.54) is 4.90 Å². The van der Waals surface area contributed by atoms with Crippen LogP contribution in [0.1, 0.15) is 121 Å². The lowest BCUT2D eigenvalue weighted by molar-refractivity contribution is -0.138. The highest BCUT2D eigenvalue weighted by Gasteiger charge is 2.37. The van der Waals surface area contributed by atoms with Crippen LogP contribution < -0.4 is 36.9 Å². The first kappa shape index (κ1) is 60.3. The predicted octanol–water partition coefficient (Wildman–Crippen LogP) is 10.0. The van der Waals surface area contributed by atoms with Gasteiger partial charge in [-0.2, -0.15) is 0 Å². The van der Waals surface area contributed by atoms with Crippen LogP contribution in [0.3, 0.4) is 0 Å². The highest BCUT2D eigenvalue weighted by Crippen LogP contribution is 2.37. The number of aryl methyl sites for hydroxylation is 2. The second-order valence-corrected chi connectivity index (χ2v) is 21.9. The van der Waals surface area contributed by atoms with Crippen LogP contribution in [-0.2, 0) is 38.7 Å². The van der Waals surface area contributed by atoms with Crippen LogP contribution in [0, 0.1) is 6.92 Å². The molecule has 0 aliphatic carbocycles. The number of likely N-dealkylation sites (tertiary alicyclic amines) is 1. The zero-order chi connectivity index (χ0) is 58.8. The first-order valence-corrected chi connectivity index (χ1v) is 28.2. The van der Waals surface area contributed by atoms with Crippen molar-refractivity contribution in [1.29, 1.82) is 0 Å². The zero-order valence-electron chi connectivity index (χ0n) is 47.6. The van der Waals surface area contributed by atoms with Gasteiger partial charge in [0.2, 0.25) is 23.7 Å². The molecule has 1 saturated heterocycles. The van der Waals surface area contributed by atoms with E-state index in [-0.39, 0.29) is 54.6 Å². The average molecular weight is 1130 g/mol. The minimum absolute atomic E-state index is 0.0377. The first-order valence-electron chi connectivity index (χ1n) is 27.3. The molecule has 0 bridgehead atoms. The number of amides is 2. The fourth-order valence-corrected chi connectivity index (χ4v) is 11.0. The van der Waals surface area contributed by atoms with Crippen molar-refractivity contribution in [2.75, 3.05) is 30.9 Å². The van der Waals surface area contributed by atoms with Gasteiger partial charge < -0.3 is 60.4 Å². The van der Waals surface area contributed by atoms with Gasteiger partial charge in [-0.05, 0) is 69.7 Å². The fraction of sp³-hybridized carbons (Fsp3) is 0.400. The Bertz CT molecular complexity index is 3410. The maximum Gasteiger partial charge on any atom is 0.303 e. The number of rotatable bonds is 31. The number of methoxy groups -OCH3 is 1. The number of hydrogen-bond donors (Lipinski definition) is 6. The molecule has 3 unspecified atom stereocenters. The number of benzene rings is 2. The van der Waals surface area contributed by atoms with E-state index in [4.69, 9.17) is 40.3 Å². The van der Waals surface area contributed by atoms with E-state index in [1.54, 1.807) is 25.8 Å². The topological polar surface area (TPSA) is 272 Å². The number of carbonyl (C=O) groups is 4. The summed E-state index contributed by atoms with van der Waals surface area (Å²) in [5.74, 6) is 0.805. The lowest BCUT2D eigenvalue weighted by Crippen LogP contribution is -2.46. The summed E-state index contributed by atoms with van der Waals surface area (Å²) in [4.78, 5) is 72.7. The minimum atomic E-state index is -1.10. The number of carboxylic acid groups (broad SMARTS) is 1. The number of nitrogens with zero attached hydrogens (tertiary/aromatic N) is 7. The van der Waals surface area contributed by atoms with E-state index < -0.39 is 17.9 Å². The van der Waals surface area contributed by atoms with Gasteiger partial charge in [-0.25, -0.2) is 15.0 Å². The van der Waals surface area contributed by atoms with Gasteiger partial charge in [0.25, 0.3) is 0 Å². The lowest BCUT2D eigenvalue weighted by atomic mass is 10.0. The molecule has 3 aromatic heterocycles. The molecule has 0 radical (unpaired) electrons. The molecule has 2 aliphatic heterocycles. The molecule has 7 rings (SSSR count). The Morgan fingerprint density at radius 3 is 2.09 bits per heavy atom. The average Bonchev–Trinajstić information content (AvgIpc) is 4.25. The molecule has 430 valence electrons. The molecular formula is C60H76N12O8S. The number of aromatic nitrogens is 5. The Labute approximate surface area is 477 Å². The summed E-state index contributed by atoms with van der Waals surface area (Å²) in [6.07, 6.45) is 7.72. The molecule has 3 atom stereocenters. The van der Waals surface area contributed by atoms with E-state index in [0.717, 1.165) is 35.5 Å². The Kier molecular flexibility index (Phi) is 19.9. The number of allylic oxidation sites excluding steroid dienone is 5. The number of oxazole rings is 1. The smallest absolute Gasteiger partial charge is 0.303 e. The van der Waals surface area contributed by atoms with Crippen molar-refractivity contribution < 1.29 is 38.2 Å². The van der Waals surface area contributed by atoms with Crippen molar-refractivity contribution in [3.8, 4) is 11.5 Å². The number of ketones is 1. The van der Waals surface area contributed by atoms with Crippen molar-refractivity contribution in [3.63, 3.8) is 0 Å². The van der Waals surface area contributed by atoms with Gasteiger partial charge in [-0.3, -0.25) is 24.2 Å². The third kappa shape index (κ3) is 14.4. The molecule has 2 aliphatic rings. The molecular weight excluding hydrogens is 1050 g/mol. The van der Waals surface area contributed by atoms with Gasteiger partial charge in [-0.1, -0.05) is 72.7 Å². The number of aliphatic imine (C=N–C) groups is 1. The van der Waals surface area contributed by atoms with E-state index in [2.05, 4.69) is 60.8 Å². The molecule has 1 fully saturated rings. The number of anilines is 2. The standard InChI is InChI=1S/C60H76N12O8S/c1-13-35(6)81-52-27-34(5)72(58(52)77)32-53(74)67-46(21-22-54(75)76)49(73)20-16-19-25-79-51-31-42(37(8)62)29-48-56(51)71(59(69-48)64-38(9)43-26-33(4)63-44(43)14-2)24-18-17-23-70-55-47(28-41(36(7)61)30-50(55)78-12)68-60(70)65-39(10)57-45(15-3)66-40(11)80-57/h17-18,28-31,35,46,52H,5,7-10,13-16,19-27,32,61-62H2,1-4,6,11-12H3,(H,64,69)(H,65,68)(H,67,74)(H,75,76)/b18-17+. The third-order valence-corrected chi connectivity index (χ3v) is 15.6. The SMILES string of the molecule is C=C(Nc1nc2cc(C(=C)N)cc(OCCCCC(=O)C(CCC(=O)O)NC(=O)CN3C(=C)CC(SC(C)CC)C3=O)c2n1C/C=C/Cn1c(NC(=C)c2oc(C)nc2CC)nc2cc(C(=C)N)cc(OC)c21)C1=C(CC)N=C(C)C1. The van der Waals surface area contributed by atoms with Crippen molar-refractivity contribution in [1.82, 2.24) is 34.3 Å². The van der Waals surface area contributed by atoms with E-state index >= 15 is 0 Å². The number of unbranched alkanes of at least 4 members (excludes halogenated alkanes) is 1. The number of ether oxygens (including phenoxy) is 2. The number of aliphatic carboxylic acids is 1. The van der Waals surface area contributed by atoms with Crippen LogP contribution in [0.15, 0.2) is 101 Å². The number of nitrogens with one attached hydrogen (secondary N) is 3. The molecule has 5 aromatic rings. The normalized spacial score (nSPS) is 15.2. The van der Waals surface area contributed by atoms with Crippen LogP contribution >= 0.6 is 11.8 Å². The monoisotopic (exact) mass is 1120 g/mol. The molecule has 20 nitrogen and oxygen atoms in total. The van der Waals surface area contributed by atoms with Crippen LogP contribution in [-0.4, -0.2) is 100 Å². The number of hydrogen-bond acceptors (Lipinski definition) is 16. The Morgan fingerprint density at radius 1 is 0.889 bits per heavy atom. The Balaban J connectivity index is 1.14. The summed E-state index contributed by atoms with van der Waals surface area (Å²) >= 11 is 1.55. The largest absolute Gasteiger partial charge is 0.494 e. The van der Waals surface area contributed by atoms with Gasteiger partial charge in [0.15, 0.2) is 17.4 Å². The first-order chi connectivity index (χ1) is 38.6. The second kappa shape index (κ2) is 26.8. The van der Waals surface area contributed by atoms with Gasteiger partial charge in [0.1, 0.15) is 29.1 Å². The number of nitrogens with two attached hydrogens (primary N) is 2. The summed E-state index contributed by atoms with van der Waals surface area (Å²) < 4.78 is 22.4. The summed E-state index contributed by atoms with van der Waals surface area (Å²) in [5, 5.41) is 19.0. The minimum Gasteiger partial charge on any atom is -0.494 e.